The molecule has 1 aliphatic heterocycles. The lowest BCUT2D eigenvalue weighted by molar-refractivity contribution is -0.116. The fourth-order valence-corrected chi connectivity index (χ4v) is 2.20. The zero-order valence-electron chi connectivity index (χ0n) is 9.08. The molecule has 0 radical (unpaired) electrons. The number of hydrogen-bond donors (Lipinski definition) is 1. The first kappa shape index (κ1) is 11.2. The van der Waals surface area contributed by atoms with Crippen molar-refractivity contribution < 1.29 is 9.59 Å². The molecule has 1 N–H and O–H groups in total. The zero-order chi connectivity index (χ0) is 11.5. The van der Waals surface area contributed by atoms with E-state index < -0.39 is 0 Å². The first-order valence-electron chi connectivity index (χ1n) is 5.15. The summed E-state index contributed by atoms with van der Waals surface area (Å²) in [5.41, 5.74) is 2.65. The molecule has 1 aromatic rings. The van der Waals surface area contributed by atoms with Gasteiger partial charge in [0.25, 0.3) is 0 Å². The number of anilines is 1. The van der Waals surface area contributed by atoms with E-state index in [1.807, 2.05) is 18.4 Å². The van der Waals surface area contributed by atoms with E-state index >= 15 is 0 Å². The van der Waals surface area contributed by atoms with Crippen LogP contribution in [0.5, 0.6) is 0 Å². The molecule has 1 aromatic carbocycles. The van der Waals surface area contributed by atoms with Gasteiger partial charge in [-0.15, -0.1) is 0 Å². The highest BCUT2D eigenvalue weighted by molar-refractivity contribution is 7.99. The van der Waals surface area contributed by atoms with Crippen molar-refractivity contribution >= 4 is 29.1 Å². The number of carbonyl (C=O) groups excluding carboxylic acids is 2. The van der Waals surface area contributed by atoms with Crippen molar-refractivity contribution in [1.29, 1.82) is 0 Å². The molecule has 16 heavy (non-hydrogen) atoms. The molecule has 1 heterocycles. The van der Waals surface area contributed by atoms with Crippen molar-refractivity contribution in [3.63, 3.8) is 0 Å². The van der Waals surface area contributed by atoms with Crippen LogP contribution in [0.1, 0.15) is 22.3 Å². The number of hydrogen-bond acceptors (Lipinski definition) is 3. The second-order valence-electron chi connectivity index (χ2n) is 3.78. The van der Waals surface area contributed by atoms with E-state index in [1.54, 1.807) is 6.07 Å². The minimum atomic E-state index is 0.0516. The fraction of sp³-hybridized carbons (Fsp3) is 0.333. The fourth-order valence-electron chi connectivity index (χ4n) is 1.77. The number of fused-ring (bicyclic) bond motifs is 1. The third kappa shape index (κ3) is 2.27. The van der Waals surface area contributed by atoms with E-state index in [9.17, 15) is 9.59 Å². The Kier molecular flexibility index (Phi) is 3.29. The Morgan fingerprint density at radius 2 is 2.25 bits per heavy atom. The molecule has 4 heteroatoms. The first-order valence-corrected chi connectivity index (χ1v) is 6.55. The van der Waals surface area contributed by atoms with E-state index in [0.717, 1.165) is 23.2 Å². The summed E-state index contributed by atoms with van der Waals surface area (Å²) in [5, 5.41) is 2.80. The minimum absolute atomic E-state index is 0.0516. The molecule has 84 valence electrons. The van der Waals surface area contributed by atoms with Crippen molar-refractivity contribution in [2.45, 2.75) is 12.8 Å². The maximum atomic E-state index is 11.7. The summed E-state index contributed by atoms with van der Waals surface area (Å²) in [6, 6.07) is 5.50. The average molecular weight is 235 g/mol. The molecule has 0 aliphatic carbocycles. The van der Waals surface area contributed by atoms with Crippen molar-refractivity contribution in [1.82, 2.24) is 0 Å². The van der Waals surface area contributed by atoms with Crippen LogP contribution in [0.2, 0.25) is 0 Å². The van der Waals surface area contributed by atoms with Crippen molar-refractivity contribution in [2.75, 3.05) is 17.3 Å². The molecule has 0 unspecified atom stereocenters. The van der Waals surface area contributed by atoms with Crippen LogP contribution in [0.15, 0.2) is 18.2 Å². The zero-order valence-corrected chi connectivity index (χ0v) is 9.89. The third-order valence-electron chi connectivity index (χ3n) is 2.60. The van der Waals surface area contributed by atoms with Gasteiger partial charge in [0.15, 0.2) is 5.78 Å². The van der Waals surface area contributed by atoms with Gasteiger partial charge in [-0.1, -0.05) is 0 Å². The van der Waals surface area contributed by atoms with E-state index in [2.05, 4.69) is 5.32 Å². The van der Waals surface area contributed by atoms with Crippen LogP contribution in [0, 0.1) is 0 Å². The van der Waals surface area contributed by atoms with E-state index in [0.29, 0.717) is 12.2 Å². The molecule has 3 nitrogen and oxygen atoms in total. The number of aryl methyl sites for hydroxylation is 1. The second-order valence-corrected chi connectivity index (χ2v) is 4.64. The highest BCUT2D eigenvalue weighted by atomic mass is 32.2. The van der Waals surface area contributed by atoms with Gasteiger partial charge in [0, 0.05) is 17.7 Å². The maximum Gasteiger partial charge on any atom is 0.224 e. The van der Waals surface area contributed by atoms with E-state index in [4.69, 9.17) is 0 Å². The summed E-state index contributed by atoms with van der Waals surface area (Å²) < 4.78 is 0. The van der Waals surface area contributed by atoms with Gasteiger partial charge >= 0.3 is 0 Å². The van der Waals surface area contributed by atoms with Gasteiger partial charge in [0.05, 0.1) is 5.75 Å². The second kappa shape index (κ2) is 4.70. The van der Waals surface area contributed by atoms with Crippen LogP contribution in [0.25, 0.3) is 0 Å². The lowest BCUT2D eigenvalue weighted by Gasteiger charge is -2.17. The van der Waals surface area contributed by atoms with Crippen LogP contribution in [0.3, 0.4) is 0 Å². The Morgan fingerprint density at radius 3 is 3.00 bits per heavy atom. The molecule has 0 spiro atoms. The quantitative estimate of drug-likeness (QED) is 0.816. The van der Waals surface area contributed by atoms with Crippen molar-refractivity contribution in [3.05, 3.63) is 29.3 Å². The van der Waals surface area contributed by atoms with Crippen LogP contribution in [-0.2, 0) is 11.2 Å². The summed E-state index contributed by atoms with van der Waals surface area (Å²) in [6.45, 7) is 0. The van der Waals surface area contributed by atoms with E-state index in [1.165, 1.54) is 11.8 Å². The molecule has 0 saturated carbocycles. The monoisotopic (exact) mass is 235 g/mol. The van der Waals surface area contributed by atoms with Crippen LogP contribution in [0.4, 0.5) is 5.69 Å². The molecule has 0 bridgehead atoms. The highest BCUT2D eigenvalue weighted by Crippen LogP contribution is 2.23. The molecular formula is C12H13NO2S. The molecular weight excluding hydrogens is 222 g/mol. The molecule has 0 aromatic heterocycles. The van der Waals surface area contributed by atoms with E-state index in [-0.39, 0.29) is 11.7 Å². The van der Waals surface area contributed by atoms with Gasteiger partial charge in [-0.2, -0.15) is 11.8 Å². The maximum absolute atomic E-state index is 11.7. The molecule has 0 fully saturated rings. The van der Waals surface area contributed by atoms with Crippen LogP contribution < -0.4 is 5.32 Å². The molecule has 1 aliphatic rings. The average Bonchev–Trinajstić information content (AvgIpc) is 2.28. The smallest absolute Gasteiger partial charge is 0.224 e. The standard InChI is InChI=1S/C12H13NO2S/c1-16-7-11(14)9-2-4-10-8(6-9)3-5-12(15)13-10/h2,4,6H,3,5,7H2,1H3,(H,13,15). The molecule has 0 atom stereocenters. The predicted octanol–water partition coefficient (Wildman–Crippen LogP) is 2.12. The summed E-state index contributed by atoms with van der Waals surface area (Å²) in [4.78, 5) is 22.9. The number of carbonyl (C=O) groups is 2. The largest absolute Gasteiger partial charge is 0.326 e. The third-order valence-corrected chi connectivity index (χ3v) is 3.15. The van der Waals surface area contributed by atoms with Gasteiger partial charge in [0.2, 0.25) is 5.91 Å². The molecule has 1 amide bonds. The SMILES string of the molecule is CSCC(=O)c1ccc2c(c1)CCC(=O)N2. The predicted molar refractivity (Wildman–Crippen MR) is 66.1 cm³/mol. The Bertz CT molecular complexity index is 443. The summed E-state index contributed by atoms with van der Waals surface area (Å²) in [6.07, 6.45) is 3.14. The Hall–Kier alpha value is -1.29. The lowest BCUT2D eigenvalue weighted by atomic mass is 9.99. The number of ketones is 1. The number of rotatable bonds is 3. The summed E-state index contributed by atoms with van der Waals surface area (Å²) >= 11 is 1.52. The van der Waals surface area contributed by atoms with Gasteiger partial charge in [-0.25, -0.2) is 0 Å². The van der Waals surface area contributed by atoms with Gasteiger partial charge in [-0.05, 0) is 36.4 Å². The van der Waals surface area contributed by atoms with Crippen LogP contribution in [-0.4, -0.2) is 23.7 Å². The van der Waals surface area contributed by atoms with Gasteiger partial charge in [0.1, 0.15) is 0 Å². The Balaban J connectivity index is 2.26. The normalized spacial score (nSPS) is 14.2. The first-order chi connectivity index (χ1) is 7.70. The number of thioether (sulfide) groups is 1. The summed E-state index contributed by atoms with van der Waals surface area (Å²) in [5.74, 6) is 0.702. The Labute approximate surface area is 98.6 Å². The summed E-state index contributed by atoms with van der Waals surface area (Å²) in [7, 11) is 0. The van der Waals surface area contributed by atoms with Gasteiger partial charge < -0.3 is 5.32 Å². The number of benzene rings is 1. The van der Waals surface area contributed by atoms with Crippen molar-refractivity contribution in [2.24, 2.45) is 0 Å². The van der Waals surface area contributed by atoms with Gasteiger partial charge in [-0.3, -0.25) is 9.59 Å². The molecule has 2 rings (SSSR count). The topological polar surface area (TPSA) is 46.2 Å². The Morgan fingerprint density at radius 1 is 1.44 bits per heavy atom. The number of nitrogens with one attached hydrogen (secondary N) is 1. The molecule has 0 saturated heterocycles. The van der Waals surface area contributed by atoms with Crippen LogP contribution >= 0.6 is 11.8 Å². The number of Topliss-reactive ketones (excluding diaryl/α,β-unsaturated/α-hetero) is 1. The lowest BCUT2D eigenvalue weighted by Crippen LogP contribution is -2.19. The minimum Gasteiger partial charge on any atom is -0.326 e. The van der Waals surface area contributed by atoms with Crippen molar-refractivity contribution in [3.8, 4) is 0 Å². The number of amides is 1. The highest BCUT2D eigenvalue weighted by Gasteiger charge is 2.16.